The molecule has 7 nitrogen and oxygen atoms in total. The van der Waals surface area contributed by atoms with Crippen molar-refractivity contribution in [1.82, 2.24) is 4.98 Å². The Hall–Kier alpha value is -2.48. The molecule has 1 aromatic carbocycles. The first-order chi connectivity index (χ1) is 10.5. The van der Waals surface area contributed by atoms with Gasteiger partial charge in [-0.15, -0.1) is 0 Å². The molecule has 0 radical (unpaired) electrons. The minimum atomic E-state index is -0.135. The second-order valence-corrected chi connectivity index (χ2v) is 5.60. The number of aromatic nitrogens is 1. The molecule has 0 bridgehead atoms. The fraction of sp³-hybridized carbons (Fsp3) is 0.286. The van der Waals surface area contributed by atoms with E-state index in [-0.39, 0.29) is 23.0 Å². The number of carbonyl (C=O) groups excluding carboxylic acids is 1. The minimum Gasteiger partial charge on any atom is -0.370 e. The summed E-state index contributed by atoms with van der Waals surface area (Å²) >= 11 is 0.958. The molecule has 0 aliphatic rings. The van der Waals surface area contributed by atoms with Crippen LogP contribution in [-0.4, -0.2) is 30.4 Å². The van der Waals surface area contributed by atoms with Gasteiger partial charge >= 0.3 is 0 Å². The second-order valence-electron chi connectivity index (χ2n) is 4.66. The van der Waals surface area contributed by atoms with Gasteiger partial charge in [-0.1, -0.05) is 23.5 Å². The number of hydrogen-bond donors (Lipinski definition) is 2. The van der Waals surface area contributed by atoms with Crippen molar-refractivity contribution in [2.24, 2.45) is 16.5 Å². The van der Waals surface area contributed by atoms with Gasteiger partial charge in [0.1, 0.15) is 0 Å². The first kappa shape index (κ1) is 15.9. The summed E-state index contributed by atoms with van der Waals surface area (Å²) in [6.07, 6.45) is 0.812. The molecule has 0 saturated heterocycles. The van der Waals surface area contributed by atoms with E-state index in [0.29, 0.717) is 29.0 Å². The van der Waals surface area contributed by atoms with Crippen LogP contribution in [0.5, 0.6) is 0 Å². The van der Waals surface area contributed by atoms with Crippen LogP contribution >= 0.6 is 11.3 Å². The molecule has 0 aliphatic heterocycles. The lowest BCUT2D eigenvalue weighted by Crippen LogP contribution is -2.27. The van der Waals surface area contributed by atoms with Crippen molar-refractivity contribution < 1.29 is 4.79 Å². The summed E-state index contributed by atoms with van der Waals surface area (Å²) in [6.45, 7) is 0.392. The highest BCUT2D eigenvalue weighted by molar-refractivity contribution is 7.13. The zero-order valence-electron chi connectivity index (χ0n) is 12.2. The van der Waals surface area contributed by atoms with E-state index in [1.807, 2.05) is 0 Å². The summed E-state index contributed by atoms with van der Waals surface area (Å²) in [5.41, 5.74) is 11.0. The van der Waals surface area contributed by atoms with E-state index in [2.05, 4.69) is 9.98 Å². The number of aliphatic imine (C=N–C) groups is 1. The molecule has 2 aromatic rings. The molecule has 8 heteroatoms. The predicted octanol–water partition coefficient (Wildman–Crippen LogP) is 0.673. The van der Waals surface area contributed by atoms with E-state index < -0.39 is 0 Å². The van der Waals surface area contributed by atoms with Crippen molar-refractivity contribution >= 4 is 39.2 Å². The highest BCUT2D eigenvalue weighted by Crippen LogP contribution is 2.18. The smallest absolute Gasteiger partial charge is 0.245 e. The highest BCUT2D eigenvalue weighted by Gasteiger charge is 2.14. The normalized spacial score (nSPS) is 10.4. The Labute approximate surface area is 131 Å². The van der Waals surface area contributed by atoms with E-state index in [1.165, 1.54) is 4.90 Å². The van der Waals surface area contributed by atoms with Crippen LogP contribution < -0.4 is 21.1 Å². The monoisotopic (exact) mass is 319 g/mol. The molecule has 22 heavy (non-hydrogen) atoms. The third-order valence-electron chi connectivity index (χ3n) is 3.03. The van der Waals surface area contributed by atoms with Gasteiger partial charge in [-0.3, -0.25) is 19.5 Å². The molecule has 2 rings (SSSR count). The van der Waals surface area contributed by atoms with Crippen molar-refractivity contribution in [1.29, 1.82) is 0 Å². The predicted molar refractivity (Wildman–Crippen MR) is 89.2 cm³/mol. The molecule has 116 valence electrons. The van der Waals surface area contributed by atoms with Crippen molar-refractivity contribution in [3.63, 3.8) is 0 Å². The molecular weight excluding hydrogens is 302 g/mol. The maximum absolute atomic E-state index is 12.1. The number of amides is 1. The van der Waals surface area contributed by atoms with Gasteiger partial charge in [0.15, 0.2) is 11.1 Å². The standard InChI is InChI=1S/C14H17N5O2S/c1-19(11(20)7-4-8-17-13(15)16)14-18-10-6-3-2-5-9(10)12(21)22-14/h2-3,5-6H,4,7-8H2,1H3,(H4,15,16,17). The van der Waals surface area contributed by atoms with Gasteiger partial charge in [0.2, 0.25) is 10.6 Å². The number of fused-ring (bicyclic) bond motifs is 1. The number of guanidine groups is 1. The van der Waals surface area contributed by atoms with Crippen molar-refractivity contribution in [2.45, 2.75) is 12.8 Å². The van der Waals surface area contributed by atoms with Crippen LogP contribution in [0.3, 0.4) is 0 Å². The second kappa shape index (κ2) is 6.99. The number of rotatable bonds is 5. The van der Waals surface area contributed by atoms with Crippen molar-refractivity contribution in [2.75, 3.05) is 18.5 Å². The molecule has 1 aromatic heterocycles. The van der Waals surface area contributed by atoms with E-state index in [1.54, 1.807) is 31.3 Å². The Kier molecular flexibility index (Phi) is 5.05. The summed E-state index contributed by atoms with van der Waals surface area (Å²) in [6, 6.07) is 7.07. The summed E-state index contributed by atoms with van der Waals surface area (Å²) in [4.78, 5) is 33.8. The summed E-state index contributed by atoms with van der Waals surface area (Å²) in [5.74, 6) is -0.126. The summed E-state index contributed by atoms with van der Waals surface area (Å²) in [5, 5.41) is 0.945. The Morgan fingerprint density at radius 3 is 2.82 bits per heavy atom. The Balaban J connectivity index is 2.12. The molecule has 1 amide bonds. The van der Waals surface area contributed by atoms with Crippen LogP contribution in [0.4, 0.5) is 5.13 Å². The van der Waals surface area contributed by atoms with Crippen molar-refractivity contribution in [3.8, 4) is 0 Å². The number of benzene rings is 1. The highest BCUT2D eigenvalue weighted by atomic mass is 32.1. The molecule has 1 heterocycles. The van der Waals surface area contributed by atoms with Gasteiger partial charge in [-0.05, 0) is 18.6 Å². The Morgan fingerprint density at radius 1 is 1.36 bits per heavy atom. The van der Waals surface area contributed by atoms with Crippen LogP contribution in [0, 0.1) is 0 Å². The fourth-order valence-electron chi connectivity index (χ4n) is 1.86. The third-order valence-corrected chi connectivity index (χ3v) is 3.98. The number of nitrogens with zero attached hydrogens (tertiary/aromatic N) is 3. The lowest BCUT2D eigenvalue weighted by atomic mass is 10.2. The first-order valence-electron chi connectivity index (χ1n) is 6.71. The van der Waals surface area contributed by atoms with Gasteiger partial charge < -0.3 is 11.5 Å². The van der Waals surface area contributed by atoms with E-state index in [0.717, 1.165) is 11.3 Å². The van der Waals surface area contributed by atoms with Crippen LogP contribution in [0.2, 0.25) is 0 Å². The first-order valence-corrected chi connectivity index (χ1v) is 7.52. The van der Waals surface area contributed by atoms with Gasteiger partial charge in [0.05, 0.1) is 10.9 Å². The molecule has 0 aliphatic carbocycles. The molecule has 4 N–H and O–H groups in total. The Bertz CT molecular complexity index is 767. The average molecular weight is 319 g/mol. The van der Waals surface area contributed by atoms with Crippen LogP contribution in [0.15, 0.2) is 34.1 Å². The number of hydrogen-bond acceptors (Lipinski definition) is 5. The van der Waals surface area contributed by atoms with Gasteiger partial charge in [-0.2, -0.15) is 0 Å². The molecule has 0 spiro atoms. The molecular formula is C14H17N5O2S. The number of anilines is 1. The fourth-order valence-corrected chi connectivity index (χ4v) is 2.69. The summed E-state index contributed by atoms with van der Waals surface area (Å²) in [7, 11) is 1.61. The Morgan fingerprint density at radius 2 is 2.09 bits per heavy atom. The van der Waals surface area contributed by atoms with E-state index >= 15 is 0 Å². The molecule has 0 saturated carbocycles. The maximum Gasteiger partial charge on any atom is 0.245 e. The van der Waals surface area contributed by atoms with Crippen LogP contribution in [0.1, 0.15) is 12.8 Å². The van der Waals surface area contributed by atoms with Gasteiger partial charge in [0, 0.05) is 20.0 Å². The number of carbonyl (C=O) groups is 1. The zero-order valence-corrected chi connectivity index (χ0v) is 13.0. The van der Waals surface area contributed by atoms with Gasteiger partial charge in [0.25, 0.3) is 0 Å². The third kappa shape index (κ3) is 3.79. The minimum absolute atomic E-state index is 0.00946. The van der Waals surface area contributed by atoms with E-state index in [9.17, 15) is 9.59 Å². The molecule has 0 atom stereocenters. The molecule has 0 unspecified atom stereocenters. The van der Waals surface area contributed by atoms with Crippen LogP contribution in [0.25, 0.3) is 10.9 Å². The van der Waals surface area contributed by atoms with Gasteiger partial charge in [-0.25, -0.2) is 4.98 Å². The topological polar surface area (TPSA) is 115 Å². The van der Waals surface area contributed by atoms with Crippen LogP contribution in [-0.2, 0) is 4.79 Å². The maximum atomic E-state index is 12.1. The lowest BCUT2D eigenvalue weighted by molar-refractivity contribution is -0.118. The number of nitrogens with two attached hydrogens (primary N) is 2. The number of para-hydroxylation sites is 1. The SMILES string of the molecule is CN(C(=O)CCCN=C(N)N)c1nc2ccccc2c(=O)s1. The van der Waals surface area contributed by atoms with E-state index in [4.69, 9.17) is 11.5 Å². The quantitative estimate of drug-likeness (QED) is 0.477. The molecule has 0 fully saturated rings. The lowest BCUT2D eigenvalue weighted by Gasteiger charge is -2.15. The van der Waals surface area contributed by atoms with Crippen molar-refractivity contribution in [3.05, 3.63) is 33.8 Å². The zero-order chi connectivity index (χ0) is 16.1. The largest absolute Gasteiger partial charge is 0.370 e. The average Bonchev–Trinajstić information content (AvgIpc) is 2.50. The summed E-state index contributed by atoms with van der Waals surface area (Å²) < 4.78 is -0.110.